The number of hydrogen-bond acceptors (Lipinski definition) is 7. The summed E-state index contributed by atoms with van der Waals surface area (Å²) in [5.41, 5.74) is 13.3. The zero-order valence-electron chi connectivity index (χ0n) is 25.3. The number of nitrogens with one attached hydrogen (secondary N) is 2. The molecule has 1 saturated carbocycles. The Balaban J connectivity index is 1.36. The van der Waals surface area contributed by atoms with E-state index in [0.717, 1.165) is 30.9 Å². The highest BCUT2D eigenvalue weighted by molar-refractivity contribution is 7.89. The Morgan fingerprint density at radius 2 is 1.83 bits per heavy atom. The third kappa shape index (κ3) is 8.09. The quantitative estimate of drug-likeness (QED) is 0.184. The molecule has 1 amide bonds. The Kier molecular flexibility index (Phi) is 10.4. The van der Waals surface area contributed by atoms with Gasteiger partial charge in [0.05, 0.1) is 27.5 Å². The number of sulfonamides is 1. The van der Waals surface area contributed by atoms with Gasteiger partial charge in [-0.3, -0.25) is 4.79 Å². The van der Waals surface area contributed by atoms with Crippen LogP contribution in [0.2, 0.25) is 5.02 Å². The highest BCUT2D eigenvalue weighted by Crippen LogP contribution is 2.33. The predicted molar refractivity (Wildman–Crippen MR) is 173 cm³/mol. The highest BCUT2D eigenvalue weighted by atomic mass is 35.5. The monoisotopic (exact) mass is 674 g/mol. The van der Waals surface area contributed by atoms with Crippen LogP contribution in [0.3, 0.4) is 0 Å². The molecule has 0 bridgehead atoms. The standard InChI is InChI=1S/C31H37ClF2N8O3S/c1-18-4-10-23(11-5-18)46(44,45)42-12-2-3-22(17-42)38-31-37-16-27(26(40-31)13-19-6-8-20(9-7-19)29(35)43)39-30(36)41-28-24(32)14-21(33)15-25(28)34/h4-5,10-11,14-16,19-20,22H,2-3,6-9,12-13,17H2,1H3,(H2,35,43)(H3,36,39,41)(H,37,38,40)/t19-,20+,22-/m1/s1. The van der Waals surface area contributed by atoms with Gasteiger partial charge in [0.15, 0.2) is 11.8 Å². The number of nitrogens with zero attached hydrogens (tertiary/aromatic N) is 4. The topological polar surface area (TPSA) is 169 Å². The Hall–Kier alpha value is -3.88. The summed E-state index contributed by atoms with van der Waals surface area (Å²) in [5.74, 6) is -1.93. The second-order valence-corrected chi connectivity index (χ2v) is 14.2. The second-order valence-electron chi connectivity index (χ2n) is 11.9. The summed E-state index contributed by atoms with van der Waals surface area (Å²) in [6.45, 7) is 2.56. The summed E-state index contributed by atoms with van der Waals surface area (Å²) < 4.78 is 56.0. The molecule has 1 aliphatic heterocycles. The number of anilines is 2. The summed E-state index contributed by atoms with van der Waals surface area (Å²) in [4.78, 5) is 25.5. The van der Waals surface area contributed by atoms with Crippen LogP contribution in [0.1, 0.15) is 49.8 Å². The van der Waals surface area contributed by atoms with Crippen LogP contribution < -0.4 is 22.1 Å². The molecule has 1 aliphatic carbocycles. The molecule has 2 heterocycles. The van der Waals surface area contributed by atoms with Gasteiger partial charge < -0.3 is 22.1 Å². The number of amides is 1. The van der Waals surface area contributed by atoms with Crippen molar-refractivity contribution in [3.63, 3.8) is 0 Å². The average molecular weight is 675 g/mol. The Morgan fingerprint density at radius 3 is 2.50 bits per heavy atom. The van der Waals surface area contributed by atoms with Crippen LogP contribution in [-0.4, -0.2) is 53.7 Å². The zero-order valence-corrected chi connectivity index (χ0v) is 26.9. The molecule has 0 radical (unpaired) electrons. The number of halogens is 3. The molecule has 2 fully saturated rings. The number of primary amides is 1. The zero-order chi connectivity index (χ0) is 33.0. The molecular formula is C31H37ClF2N8O3S. The molecule has 1 atom stereocenters. The Morgan fingerprint density at radius 1 is 1.11 bits per heavy atom. The molecule has 246 valence electrons. The van der Waals surface area contributed by atoms with Crippen LogP contribution in [0.4, 0.5) is 26.1 Å². The number of carbonyl (C=O) groups is 1. The number of rotatable bonds is 9. The number of nitrogens with two attached hydrogens (primary N) is 2. The van der Waals surface area contributed by atoms with Gasteiger partial charge in [0.2, 0.25) is 21.9 Å². The largest absolute Gasteiger partial charge is 0.369 e. The lowest BCUT2D eigenvalue weighted by atomic mass is 9.79. The van der Waals surface area contributed by atoms with E-state index in [4.69, 9.17) is 28.1 Å². The van der Waals surface area contributed by atoms with E-state index in [2.05, 4.69) is 20.6 Å². The van der Waals surface area contributed by atoms with Crippen molar-refractivity contribution >= 4 is 50.8 Å². The maximum Gasteiger partial charge on any atom is 0.243 e. The van der Waals surface area contributed by atoms with Crippen molar-refractivity contribution in [2.45, 2.75) is 62.8 Å². The van der Waals surface area contributed by atoms with Crippen LogP contribution in [0.15, 0.2) is 52.5 Å². The van der Waals surface area contributed by atoms with Gasteiger partial charge in [-0.15, -0.1) is 0 Å². The van der Waals surface area contributed by atoms with Crippen molar-refractivity contribution in [3.8, 4) is 0 Å². The molecule has 0 spiro atoms. The van der Waals surface area contributed by atoms with E-state index in [-0.39, 0.29) is 51.9 Å². The minimum atomic E-state index is -3.67. The molecule has 46 heavy (non-hydrogen) atoms. The number of aryl methyl sites for hydroxylation is 1. The lowest BCUT2D eigenvalue weighted by Gasteiger charge is -2.32. The van der Waals surface area contributed by atoms with Gasteiger partial charge >= 0.3 is 0 Å². The molecule has 15 heteroatoms. The van der Waals surface area contributed by atoms with Crippen molar-refractivity contribution < 1.29 is 22.0 Å². The molecule has 2 aromatic carbocycles. The summed E-state index contributed by atoms with van der Waals surface area (Å²) in [7, 11) is -3.67. The summed E-state index contributed by atoms with van der Waals surface area (Å²) in [5, 5.41) is 5.68. The fraction of sp³-hybridized carbons (Fsp3) is 0.419. The first-order chi connectivity index (χ1) is 21.9. The van der Waals surface area contributed by atoms with E-state index in [1.807, 2.05) is 6.92 Å². The summed E-state index contributed by atoms with van der Waals surface area (Å²) >= 11 is 6.01. The van der Waals surface area contributed by atoms with Crippen molar-refractivity contribution in [1.29, 1.82) is 0 Å². The number of carbonyl (C=O) groups excluding carboxylic acids is 1. The van der Waals surface area contributed by atoms with Crippen molar-refractivity contribution in [2.24, 2.45) is 28.3 Å². The number of hydrogen-bond donors (Lipinski definition) is 4. The minimum Gasteiger partial charge on any atom is -0.369 e. The lowest BCUT2D eigenvalue weighted by molar-refractivity contribution is -0.122. The molecular weight excluding hydrogens is 638 g/mol. The third-order valence-electron chi connectivity index (χ3n) is 8.45. The van der Waals surface area contributed by atoms with E-state index < -0.39 is 21.7 Å². The van der Waals surface area contributed by atoms with E-state index in [9.17, 15) is 22.0 Å². The highest BCUT2D eigenvalue weighted by Gasteiger charge is 2.31. The van der Waals surface area contributed by atoms with Gasteiger partial charge in [-0.1, -0.05) is 29.3 Å². The van der Waals surface area contributed by atoms with Gasteiger partial charge in [0.25, 0.3) is 0 Å². The summed E-state index contributed by atoms with van der Waals surface area (Å²) in [6, 6.07) is 8.18. The van der Waals surface area contributed by atoms with Crippen LogP contribution >= 0.6 is 11.6 Å². The second kappa shape index (κ2) is 14.3. The van der Waals surface area contributed by atoms with E-state index in [0.29, 0.717) is 55.6 Å². The lowest BCUT2D eigenvalue weighted by Crippen LogP contribution is -2.45. The van der Waals surface area contributed by atoms with Crippen LogP contribution in [0.5, 0.6) is 0 Å². The van der Waals surface area contributed by atoms with Gasteiger partial charge in [-0.25, -0.2) is 32.2 Å². The third-order valence-corrected chi connectivity index (χ3v) is 10.6. The first-order valence-electron chi connectivity index (χ1n) is 15.1. The first-order valence-corrected chi connectivity index (χ1v) is 16.9. The van der Waals surface area contributed by atoms with E-state index >= 15 is 0 Å². The van der Waals surface area contributed by atoms with Gasteiger partial charge in [0.1, 0.15) is 11.5 Å². The average Bonchev–Trinajstić information content (AvgIpc) is 3.01. The molecule has 11 nitrogen and oxygen atoms in total. The molecule has 5 rings (SSSR count). The van der Waals surface area contributed by atoms with Gasteiger partial charge in [-0.05, 0) is 76.0 Å². The molecule has 1 saturated heterocycles. The Bertz CT molecular complexity index is 1690. The number of benzene rings is 2. The maximum absolute atomic E-state index is 14.4. The molecule has 2 aliphatic rings. The van der Waals surface area contributed by atoms with Crippen molar-refractivity contribution in [2.75, 3.05) is 23.7 Å². The molecule has 3 aromatic rings. The summed E-state index contributed by atoms with van der Waals surface area (Å²) in [6.07, 6.45) is 6.24. The van der Waals surface area contributed by atoms with Gasteiger partial charge in [0, 0.05) is 31.1 Å². The first kappa shape index (κ1) is 33.5. The number of aromatic nitrogens is 2. The minimum absolute atomic E-state index is 0.156. The van der Waals surface area contributed by atoms with E-state index in [1.54, 1.807) is 24.3 Å². The number of piperidine rings is 1. The van der Waals surface area contributed by atoms with Gasteiger partial charge in [-0.2, -0.15) is 4.31 Å². The molecule has 0 unspecified atom stereocenters. The van der Waals surface area contributed by atoms with Crippen LogP contribution in [0, 0.1) is 30.4 Å². The molecule has 1 aromatic heterocycles. The van der Waals surface area contributed by atoms with Crippen molar-refractivity contribution in [1.82, 2.24) is 14.3 Å². The SMILES string of the molecule is Cc1ccc(S(=O)(=O)N2CCC[C@@H](Nc3ncc(/N=C(\N)Nc4c(F)cc(F)cc4Cl)c(C[C@H]4CC[C@@H](C(N)=O)CC4)n3)C2)cc1. The fourth-order valence-corrected chi connectivity index (χ4v) is 7.68. The fourth-order valence-electron chi connectivity index (χ4n) is 5.92. The van der Waals surface area contributed by atoms with E-state index in [1.165, 1.54) is 10.5 Å². The smallest absolute Gasteiger partial charge is 0.243 e. The predicted octanol–water partition coefficient (Wildman–Crippen LogP) is 4.87. The van der Waals surface area contributed by atoms with Crippen LogP contribution in [-0.2, 0) is 21.2 Å². The Labute approximate surface area is 271 Å². The van der Waals surface area contributed by atoms with Crippen LogP contribution in [0.25, 0.3) is 0 Å². The number of aliphatic imine (C=N–C) groups is 1. The number of guanidine groups is 1. The van der Waals surface area contributed by atoms with Crippen molar-refractivity contribution in [3.05, 3.63) is 70.5 Å². The maximum atomic E-state index is 14.4. The normalized spacial score (nSPS) is 21.1. The molecule has 6 N–H and O–H groups in total.